The largest absolute Gasteiger partial charge is 0.465 e. The number of benzene rings is 3. The molecule has 0 bridgehead atoms. The van der Waals surface area contributed by atoms with Crippen LogP contribution in [0.25, 0.3) is 22.3 Å². The van der Waals surface area contributed by atoms with E-state index in [0.717, 1.165) is 22.3 Å². The van der Waals surface area contributed by atoms with Gasteiger partial charge in [0.2, 0.25) is 0 Å². The third-order valence-corrected chi connectivity index (χ3v) is 5.30. The molecule has 3 aromatic rings. The van der Waals surface area contributed by atoms with Gasteiger partial charge in [0.05, 0.1) is 30.6 Å². The van der Waals surface area contributed by atoms with Crippen LogP contribution in [0.15, 0.2) is 103 Å². The van der Waals surface area contributed by atoms with Crippen molar-refractivity contribution < 1.29 is 33.3 Å². The second kappa shape index (κ2) is 13.7. The summed E-state index contributed by atoms with van der Waals surface area (Å²) in [5, 5.41) is 0. The van der Waals surface area contributed by atoms with Gasteiger partial charge in [0, 0.05) is 19.8 Å². The number of carbonyl (C=O) groups is 2. The summed E-state index contributed by atoms with van der Waals surface area (Å²) < 4.78 is 26.4. The summed E-state index contributed by atoms with van der Waals surface area (Å²) in [6.45, 7) is 9.39. The highest BCUT2D eigenvalue weighted by Crippen LogP contribution is 2.36. The predicted octanol–water partition coefficient (Wildman–Crippen LogP) is 6.15. The van der Waals surface area contributed by atoms with Crippen LogP contribution in [0.1, 0.15) is 6.92 Å². The van der Waals surface area contributed by atoms with E-state index in [0.29, 0.717) is 17.2 Å². The van der Waals surface area contributed by atoms with Gasteiger partial charge >= 0.3 is 11.9 Å². The van der Waals surface area contributed by atoms with E-state index in [1.807, 2.05) is 49.4 Å². The van der Waals surface area contributed by atoms with Crippen molar-refractivity contribution >= 4 is 11.9 Å². The van der Waals surface area contributed by atoms with Gasteiger partial charge in [-0.15, -0.1) is 0 Å². The summed E-state index contributed by atoms with van der Waals surface area (Å²) in [7, 11) is 2.97. The van der Waals surface area contributed by atoms with Crippen molar-refractivity contribution in [1.29, 1.82) is 0 Å². The molecule has 0 saturated heterocycles. The van der Waals surface area contributed by atoms with Crippen molar-refractivity contribution in [1.82, 2.24) is 0 Å². The standard InChI is InChI=1S/C31H30O7/c1-6-17-36-29-18-25(23-7-12-26(13-8-23)37-30(32)21(2)19-34-4)11-16-28(29)24-9-14-27(15-10-24)38-31(33)22(3)20-35-5/h6-18H,2-3,19-20H2,1,4-5H3/b17-6-. The van der Waals surface area contributed by atoms with Crippen molar-refractivity contribution in [3.63, 3.8) is 0 Å². The van der Waals surface area contributed by atoms with Gasteiger partial charge < -0.3 is 23.7 Å². The van der Waals surface area contributed by atoms with E-state index in [-0.39, 0.29) is 24.4 Å². The Morgan fingerprint density at radius 2 is 1.18 bits per heavy atom. The molecule has 0 radical (unpaired) electrons. The topological polar surface area (TPSA) is 80.3 Å². The Morgan fingerprint density at radius 1 is 0.711 bits per heavy atom. The summed E-state index contributed by atoms with van der Waals surface area (Å²) in [4.78, 5) is 24.1. The molecule has 0 aliphatic heterocycles. The molecule has 0 saturated carbocycles. The molecule has 0 atom stereocenters. The van der Waals surface area contributed by atoms with Gasteiger partial charge in [0.1, 0.15) is 17.2 Å². The van der Waals surface area contributed by atoms with Crippen LogP contribution in [0.3, 0.4) is 0 Å². The third-order valence-electron chi connectivity index (χ3n) is 5.30. The fraction of sp³-hybridized carbons (Fsp3) is 0.161. The molecule has 0 aliphatic rings. The lowest BCUT2D eigenvalue weighted by Crippen LogP contribution is -2.13. The number of allylic oxidation sites excluding steroid dienone is 1. The zero-order valence-corrected chi connectivity index (χ0v) is 21.7. The maximum absolute atomic E-state index is 12.1. The molecule has 0 spiro atoms. The second-order valence-corrected chi connectivity index (χ2v) is 8.20. The Labute approximate surface area is 222 Å². The van der Waals surface area contributed by atoms with E-state index < -0.39 is 11.9 Å². The second-order valence-electron chi connectivity index (χ2n) is 8.20. The minimum atomic E-state index is -0.540. The Morgan fingerprint density at radius 3 is 1.66 bits per heavy atom. The minimum absolute atomic E-state index is 0.104. The first-order valence-electron chi connectivity index (χ1n) is 11.8. The number of hydrogen-bond acceptors (Lipinski definition) is 7. The zero-order valence-electron chi connectivity index (χ0n) is 21.7. The molecule has 0 unspecified atom stereocenters. The number of hydrogen-bond donors (Lipinski definition) is 0. The highest BCUT2D eigenvalue weighted by Gasteiger charge is 2.13. The predicted molar refractivity (Wildman–Crippen MR) is 146 cm³/mol. The van der Waals surface area contributed by atoms with Gasteiger partial charge in [-0.1, -0.05) is 55.6 Å². The van der Waals surface area contributed by atoms with E-state index in [2.05, 4.69) is 13.2 Å². The fourth-order valence-electron chi connectivity index (χ4n) is 3.42. The van der Waals surface area contributed by atoms with Crippen LogP contribution in [0, 0.1) is 0 Å². The van der Waals surface area contributed by atoms with E-state index in [1.165, 1.54) is 14.2 Å². The lowest BCUT2D eigenvalue weighted by Gasteiger charge is -2.13. The first-order valence-corrected chi connectivity index (χ1v) is 11.8. The van der Waals surface area contributed by atoms with Gasteiger partial charge in [-0.2, -0.15) is 0 Å². The molecule has 0 aromatic heterocycles. The SMILES string of the molecule is C=C(COC)C(=O)Oc1ccc(-c2ccc(-c3ccc(OC(=O)C(=C)COC)cc3)c(O/C=C\C)c2)cc1. The van der Waals surface area contributed by atoms with Crippen LogP contribution in [0.5, 0.6) is 17.2 Å². The third kappa shape index (κ3) is 7.52. The van der Waals surface area contributed by atoms with E-state index in [9.17, 15) is 9.59 Å². The quantitative estimate of drug-likeness (QED) is 0.124. The van der Waals surface area contributed by atoms with Gasteiger partial charge in [0.15, 0.2) is 0 Å². The molecule has 0 N–H and O–H groups in total. The minimum Gasteiger partial charge on any atom is -0.465 e. The van der Waals surface area contributed by atoms with Crippen LogP contribution >= 0.6 is 0 Å². The van der Waals surface area contributed by atoms with E-state index >= 15 is 0 Å². The average molecular weight is 515 g/mol. The first-order chi connectivity index (χ1) is 18.4. The Bertz CT molecular complexity index is 1320. The van der Waals surface area contributed by atoms with Gasteiger partial charge in [0.25, 0.3) is 0 Å². The number of methoxy groups -OCH3 is 2. The summed E-state index contributed by atoms with van der Waals surface area (Å²) in [5.74, 6) is 0.373. The highest BCUT2D eigenvalue weighted by molar-refractivity contribution is 5.90. The van der Waals surface area contributed by atoms with Gasteiger partial charge in [-0.05, 0) is 53.9 Å². The summed E-state index contributed by atoms with van der Waals surface area (Å²) in [6, 6.07) is 20.1. The Kier molecular flexibility index (Phi) is 10.2. The van der Waals surface area contributed by atoms with Crippen LogP contribution < -0.4 is 14.2 Å². The zero-order chi connectivity index (χ0) is 27.5. The number of carbonyl (C=O) groups excluding carboxylic acids is 2. The number of rotatable bonds is 12. The highest BCUT2D eigenvalue weighted by atomic mass is 16.5. The molecule has 7 nitrogen and oxygen atoms in total. The number of ether oxygens (including phenoxy) is 5. The van der Waals surface area contributed by atoms with Crippen molar-refractivity contribution in [2.24, 2.45) is 0 Å². The summed E-state index contributed by atoms with van der Waals surface area (Å²) in [5.41, 5.74) is 4.03. The van der Waals surface area contributed by atoms with Crippen molar-refractivity contribution in [2.45, 2.75) is 6.92 Å². The van der Waals surface area contributed by atoms with Crippen LogP contribution in [-0.2, 0) is 19.1 Å². The normalized spacial score (nSPS) is 10.7. The molecule has 0 heterocycles. The van der Waals surface area contributed by atoms with Crippen LogP contribution in [-0.4, -0.2) is 39.4 Å². The maximum Gasteiger partial charge on any atom is 0.341 e. The van der Waals surface area contributed by atoms with Crippen molar-refractivity contribution in [3.05, 3.63) is 103 Å². The molecule has 196 valence electrons. The first kappa shape index (κ1) is 28.1. The molecule has 3 rings (SSSR count). The molecular formula is C31H30O7. The van der Waals surface area contributed by atoms with Gasteiger partial charge in [-0.25, -0.2) is 9.59 Å². The van der Waals surface area contributed by atoms with E-state index in [1.54, 1.807) is 36.6 Å². The molecule has 7 heteroatoms. The fourth-order valence-corrected chi connectivity index (χ4v) is 3.42. The molecule has 3 aromatic carbocycles. The van der Waals surface area contributed by atoms with Crippen LogP contribution in [0.2, 0.25) is 0 Å². The molecular weight excluding hydrogens is 484 g/mol. The Balaban J connectivity index is 1.81. The molecule has 0 fully saturated rings. The number of esters is 2. The lowest BCUT2D eigenvalue weighted by atomic mass is 9.99. The van der Waals surface area contributed by atoms with E-state index in [4.69, 9.17) is 23.7 Å². The average Bonchev–Trinajstić information content (AvgIpc) is 2.93. The lowest BCUT2D eigenvalue weighted by molar-refractivity contribution is -0.131. The molecule has 38 heavy (non-hydrogen) atoms. The monoisotopic (exact) mass is 514 g/mol. The van der Waals surface area contributed by atoms with Crippen molar-refractivity contribution in [2.75, 3.05) is 27.4 Å². The van der Waals surface area contributed by atoms with Gasteiger partial charge in [-0.3, -0.25) is 0 Å². The Hall–Kier alpha value is -4.46. The van der Waals surface area contributed by atoms with Crippen molar-refractivity contribution in [3.8, 4) is 39.5 Å². The van der Waals surface area contributed by atoms with Crippen LogP contribution in [0.4, 0.5) is 0 Å². The maximum atomic E-state index is 12.1. The molecule has 0 amide bonds. The summed E-state index contributed by atoms with van der Waals surface area (Å²) >= 11 is 0. The molecule has 0 aliphatic carbocycles. The smallest absolute Gasteiger partial charge is 0.341 e. The summed E-state index contributed by atoms with van der Waals surface area (Å²) in [6.07, 6.45) is 3.40.